The predicted molar refractivity (Wildman–Crippen MR) is 140 cm³/mol. The van der Waals surface area contributed by atoms with E-state index in [-0.39, 0.29) is 16.6 Å². The molecule has 0 aliphatic carbocycles. The second-order valence-electron chi connectivity index (χ2n) is 9.49. The van der Waals surface area contributed by atoms with Crippen molar-refractivity contribution in [3.05, 3.63) is 102 Å². The standard InChI is InChI=1S/C29H34N2O3S/c1-30(19-16-24-17-20-31(21-18-24)22-25-8-4-2-5-9-25)29(32)27-12-14-28(15-13-27)35(33,34)23-26-10-6-3-7-11-26/h2-15,24H,16-23H2,1H3. The van der Waals surface area contributed by atoms with Crippen LogP contribution in [0, 0.1) is 5.92 Å². The first-order chi connectivity index (χ1) is 16.9. The van der Waals surface area contributed by atoms with Gasteiger partial charge in [-0.1, -0.05) is 60.7 Å². The average molecular weight is 491 g/mol. The van der Waals surface area contributed by atoms with E-state index in [1.807, 2.05) is 25.2 Å². The number of nitrogens with zero attached hydrogens (tertiary/aromatic N) is 2. The molecule has 0 atom stereocenters. The fourth-order valence-electron chi connectivity index (χ4n) is 4.65. The summed E-state index contributed by atoms with van der Waals surface area (Å²) in [5.41, 5.74) is 2.62. The van der Waals surface area contributed by atoms with Crippen molar-refractivity contribution in [3.63, 3.8) is 0 Å². The summed E-state index contributed by atoms with van der Waals surface area (Å²) in [5.74, 6) is 0.506. The van der Waals surface area contributed by atoms with Crippen LogP contribution in [0.4, 0.5) is 0 Å². The number of carbonyl (C=O) groups is 1. The van der Waals surface area contributed by atoms with E-state index in [1.54, 1.807) is 41.3 Å². The maximum absolute atomic E-state index is 12.9. The fourth-order valence-corrected chi connectivity index (χ4v) is 6.00. The number of benzene rings is 3. The van der Waals surface area contributed by atoms with E-state index in [4.69, 9.17) is 0 Å². The number of rotatable bonds is 9. The van der Waals surface area contributed by atoms with Gasteiger partial charge in [0.15, 0.2) is 9.84 Å². The third kappa shape index (κ3) is 7.03. The minimum atomic E-state index is -3.45. The lowest BCUT2D eigenvalue weighted by molar-refractivity contribution is 0.0776. The van der Waals surface area contributed by atoms with Crippen LogP contribution in [0.25, 0.3) is 0 Å². The highest BCUT2D eigenvalue weighted by Gasteiger charge is 2.21. The van der Waals surface area contributed by atoms with Gasteiger partial charge in [0, 0.05) is 25.7 Å². The van der Waals surface area contributed by atoms with Crippen molar-refractivity contribution in [1.29, 1.82) is 0 Å². The Bertz CT molecular complexity index is 1190. The molecule has 0 spiro atoms. The Morgan fingerprint density at radius 3 is 2.03 bits per heavy atom. The molecule has 6 heteroatoms. The van der Waals surface area contributed by atoms with Crippen molar-refractivity contribution < 1.29 is 13.2 Å². The molecule has 35 heavy (non-hydrogen) atoms. The summed E-state index contributed by atoms with van der Waals surface area (Å²) in [6.07, 6.45) is 3.30. The quantitative estimate of drug-likeness (QED) is 0.422. The number of amides is 1. The molecule has 3 aromatic carbocycles. The van der Waals surface area contributed by atoms with Gasteiger partial charge in [-0.2, -0.15) is 0 Å². The van der Waals surface area contributed by atoms with E-state index in [9.17, 15) is 13.2 Å². The van der Waals surface area contributed by atoms with E-state index in [1.165, 1.54) is 5.56 Å². The molecule has 5 nitrogen and oxygen atoms in total. The molecule has 1 amide bonds. The number of piperidine rings is 1. The lowest BCUT2D eigenvalue weighted by Gasteiger charge is -2.32. The van der Waals surface area contributed by atoms with Crippen LogP contribution in [0.3, 0.4) is 0 Å². The first-order valence-electron chi connectivity index (χ1n) is 12.3. The second-order valence-corrected chi connectivity index (χ2v) is 11.5. The van der Waals surface area contributed by atoms with E-state index < -0.39 is 9.84 Å². The Hall–Kier alpha value is -2.96. The molecule has 1 saturated heterocycles. The smallest absolute Gasteiger partial charge is 0.253 e. The topological polar surface area (TPSA) is 57.7 Å². The summed E-state index contributed by atoms with van der Waals surface area (Å²) in [4.78, 5) is 17.4. The summed E-state index contributed by atoms with van der Waals surface area (Å²) < 4.78 is 25.4. The van der Waals surface area contributed by atoms with E-state index in [0.717, 1.165) is 44.5 Å². The van der Waals surface area contributed by atoms with Crippen molar-refractivity contribution in [3.8, 4) is 0 Å². The molecule has 1 heterocycles. The Labute approximate surface area is 209 Å². The number of carbonyl (C=O) groups excluding carboxylic acids is 1. The molecule has 1 fully saturated rings. The monoisotopic (exact) mass is 490 g/mol. The maximum Gasteiger partial charge on any atom is 0.253 e. The molecule has 4 rings (SSSR count). The van der Waals surface area contributed by atoms with Crippen LogP contribution in [0.15, 0.2) is 89.8 Å². The van der Waals surface area contributed by atoms with Crippen LogP contribution in [0.5, 0.6) is 0 Å². The molecule has 184 valence electrons. The van der Waals surface area contributed by atoms with Gasteiger partial charge in [0.1, 0.15) is 0 Å². The molecule has 0 aromatic heterocycles. The van der Waals surface area contributed by atoms with Gasteiger partial charge in [0.05, 0.1) is 10.6 Å². The lowest BCUT2D eigenvalue weighted by Crippen LogP contribution is -2.35. The van der Waals surface area contributed by atoms with Crippen LogP contribution in [-0.2, 0) is 22.1 Å². The van der Waals surface area contributed by atoms with Gasteiger partial charge in [-0.05, 0) is 73.7 Å². The third-order valence-corrected chi connectivity index (χ3v) is 8.54. The van der Waals surface area contributed by atoms with Crippen molar-refractivity contribution in [2.24, 2.45) is 5.92 Å². The Balaban J connectivity index is 1.24. The van der Waals surface area contributed by atoms with Crippen molar-refractivity contribution in [2.75, 3.05) is 26.7 Å². The molecule has 1 aliphatic heterocycles. The van der Waals surface area contributed by atoms with E-state index >= 15 is 0 Å². The summed E-state index contributed by atoms with van der Waals surface area (Å²) in [6, 6.07) is 26.1. The summed E-state index contributed by atoms with van der Waals surface area (Å²) >= 11 is 0. The average Bonchev–Trinajstić information content (AvgIpc) is 2.89. The number of hydrogen-bond acceptors (Lipinski definition) is 4. The van der Waals surface area contributed by atoms with Gasteiger partial charge >= 0.3 is 0 Å². The largest absolute Gasteiger partial charge is 0.342 e. The summed E-state index contributed by atoms with van der Waals surface area (Å²) in [7, 11) is -1.63. The number of sulfone groups is 1. The third-order valence-electron chi connectivity index (χ3n) is 6.84. The van der Waals surface area contributed by atoms with Gasteiger partial charge in [-0.25, -0.2) is 8.42 Å². The highest BCUT2D eigenvalue weighted by Crippen LogP contribution is 2.23. The maximum atomic E-state index is 12.9. The van der Waals surface area contributed by atoms with Gasteiger partial charge in [-0.15, -0.1) is 0 Å². The van der Waals surface area contributed by atoms with Gasteiger partial charge < -0.3 is 4.90 Å². The molecule has 0 saturated carbocycles. The molecule has 0 N–H and O–H groups in total. The molecule has 0 bridgehead atoms. The molecular weight excluding hydrogens is 456 g/mol. The Morgan fingerprint density at radius 2 is 1.43 bits per heavy atom. The van der Waals surface area contributed by atoms with Gasteiger partial charge in [-0.3, -0.25) is 9.69 Å². The highest BCUT2D eigenvalue weighted by molar-refractivity contribution is 7.90. The van der Waals surface area contributed by atoms with Gasteiger partial charge in [0.25, 0.3) is 5.91 Å². The first kappa shape index (κ1) is 25.1. The second kappa shape index (κ2) is 11.6. The predicted octanol–water partition coefficient (Wildman–Crippen LogP) is 5.03. The van der Waals surface area contributed by atoms with Crippen LogP contribution >= 0.6 is 0 Å². The van der Waals surface area contributed by atoms with Crippen molar-refractivity contribution in [2.45, 2.75) is 36.5 Å². The Morgan fingerprint density at radius 1 is 0.857 bits per heavy atom. The minimum Gasteiger partial charge on any atom is -0.342 e. The summed E-state index contributed by atoms with van der Waals surface area (Å²) in [6.45, 7) is 3.89. The Kier molecular flexibility index (Phi) is 8.37. The van der Waals surface area contributed by atoms with Crippen LogP contribution in [0.1, 0.15) is 40.7 Å². The number of likely N-dealkylation sites (tertiary alicyclic amines) is 1. The zero-order valence-electron chi connectivity index (χ0n) is 20.3. The lowest BCUT2D eigenvalue weighted by atomic mass is 9.93. The normalized spacial score (nSPS) is 15.1. The number of hydrogen-bond donors (Lipinski definition) is 0. The molecule has 1 aliphatic rings. The fraction of sp³-hybridized carbons (Fsp3) is 0.345. The molecule has 0 unspecified atom stereocenters. The van der Waals surface area contributed by atoms with E-state index in [0.29, 0.717) is 18.0 Å². The van der Waals surface area contributed by atoms with Crippen molar-refractivity contribution in [1.82, 2.24) is 9.80 Å². The van der Waals surface area contributed by atoms with Crippen LogP contribution in [-0.4, -0.2) is 50.8 Å². The zero-order valence-corrected chi connectivity index (χ0v) is 21.2. The van der Waals surface area contributed by atoms with Crippen molar-refractivity contribution >= 4 is 15.7 Å². The summed E-state index contributed by atoms with van der Waals surface area (Å²) in [5, 5.41) is 0. The molecule has 0 radical (unpaired) electrons. The van der Waals surface area contributed by atoms with Crippen LogP contribution < -0.4 is 0 Å². The minimum absolute atomic E-state index is 0.0504. The zero-order chi connectivity index (χ0) is 24.7. The highest BCUT2D eigenvalue weighted by atomic mass is 32.2. The SMILES string of the molecule is CN(CCC1CCN(Cc2ccccc2)CC1)C(=O)c1ccc(S(=O)(=O)Cc2ccccc2)cc1. The molecular formula is C29H34N2O3S. The molecule has 3 aromatic rings. The first-order valence-corrected chi connectivity index (χ1v) is 13.9. The van der Waals surface area contributed by atoms with E-state index in [2.05, 4.69) is 35.2 Å². The van der Waals surface area contributed by atoms with Gasteiger partial charge in [0.2, 0.25) is 0 Å². The van der Waals surface area contributed by atoms with Crippen LogP contribution in [0.2, 0.25) is 0 Å².